The Morgan fingerprint density at radius 3 is 2.63 bits per heavy atom. The van der Waals surface area contributed by atoms with Crippen LogP contribution in [0.5, 0.6) is 0 Å². The quantitative estimate of drug-likeness (QED) is 0.799. The van der Waals surface area contributed by atoms with Crippen LogP contribution in [0.3, 0.4) is 0 Å². The molecule has 1 amide bonds. The number of ether oxygens (including phenoxy) is 1. The molecule has 5 heteroatoms. The molecule has 0 saturated carbocycles. The van der Waals surface area contributed by atoms with E-state index in [-0.39, 0.29) is 11.9 Å². The summed E-state index contributed by atoms with van der Waals surface area (Å²) in [5.74, 6) is -0.383. The average Bonchev–Trinajstić information content (AvgIpc) is 2.60. The van der Waals surface area contributed by atoms with E-state index in [9.17, 15) is 9.59 Å². The Bertz CT molecular complexity index is 501. The van der Waals surface area contributed by atoms with Crippen LogP contribution < -0.4 is 5.32 Å². The second kappa shape index (κ2) is 6.78. The predicted octanol–water partition coefficient (Wildman–Crippen LogP) is 1.96. The van der Waals surface area contributed by atoms with Gasteiger partial charge in [-0.05, 0) is 32.4 Å². The number of H-pyrrole nitrogens is 1. The smallest absolute Gasteiger partial charge is 0.340 e. The number of nitrogens with one attached hydrogen (secondary N) is 2. The number of esters is 1. The van der Waals surface area contributed by atoms with E-state index in [1.165, 1.54) is 6.92 Å². The molecule has 0 radical (unpaired) electrons. The van der Waals surface area contributed by atoms with E-state index in [4.69, 9.17) is 4.74 Å². The molecule has 0 spiro atoms. The Labute approximate surface area is 113 Å². The zero-order chi connectivity index (χ0) is 14.4. The molecule has 1 aromatic heterocycles. The largest absolute Gasteiger partial charge is 0.462 e. The van der Waals surface area contributed by atoms with Crippen LogP contribution in [-0.2, 0) is 9.53 Å². The number of carbonyl (C=O) groups excluding carboxylic acids is 2. The van der Waals surface area contributed by atoms with E-state index in [0.717, 1.165) is 17.0 Å². The summed E-state index contributed by atoms with van der Waals surface area (Å²) in [6, 6.07) is 0. The number of carbonyl (C=O) groups is 2. The molecule has 0 atom stereocenters. The first-order valence-corrected chi connectivity index (χ1v) is 6.24. The zero-order valence-corrected chi connectivity index (χ0v) is 11.8. The van der Waals surface area contributed by atoms with Gasteiger partial charge in [-0.3, -0.25) is 4.79 Å². The van der Waals surface area contributed by atoms with Crippen LogP contribution in [0.15, 0.2) is 6.08 Å². The monoisotopic (exact) mass is 264 g/mol. The summed E-state index contributed by atoms with van der Waals surface area (Å²) in [6.45, 7) is 7.77. The van der Waals surface area contributed by atoms with Crippen molar-refractivity contribution >= 4 is 18.0 Å². The SMILES string of the molecule is CCOC(=O)c1c(C)[nH]c(C=CCNC(C)=O)c1C. The summed E-state index contributed by atoms with van der Waals surface area (Å²) in [6.07, 6.45) is 3.68. The van der Waals surface area contributed by atoms with Crippen molar-refractivity contribution in [2.75, 3.05) is 13.2 Å². The predicted molar refractivity (Wildman–Crippen MR) is 73.9 cm³/mol. The number of amides is 1. The van der Waals surface area contributed by atoms with Gasteiger partial charge in [0.2, 0.25) is 5.91 Å². The van der Waals surface area contributed by atoms with Crippen LogP contribution in [0.1, 0.15) is 41.2 Å². The molecule has 0 unspecified atom stereocenters. The molecule has 0 aromatic carbocycles. The van der Waals surface area contributed by atoms with Gasteiger partial charge in [0.1, 0.15) is 0 Å². The molecule has 19 heavy (non-hydrogen) atoms. The van der Waals surface area contributed by atoms with E-state index in [1.807, 2.05) is 26.0 Å². The number of aromatic nitrogens is 1. The van der Waals surface area contributed by atoms with Crippen molar-refractivity contribution in [2.24, 2.45) is 0 Å². The molecule has 1 rings (SSSR count). The fourth-order valence-corrected chi connectivity index (χ4v) is 1.83. The zero-order valence-electron chi connectivity index (χ0n) is 11.8. The highest BCUT2D eigenvalue weighted by molar-refractivity contribution is 5.93. The van der Waals surface area contributed by atoms with Crippen molar-refractivity contribution in [1.82, 2.24) is 10.3 Å². The Morgan fingerprint density at radius 2 is 2.05 bits per heavy atom. The molecule has 5 nitrogen and oxygen atoms in total. The number of hydrogen-bond donors (Lipinski definition) is 2. The Hall–Kier alpha value is -2.04. The maximum atomic E-state index is 11.8. The van der Waals surface area contributed by atoms with Crippen LogP contribution in [0.2, 0.25) is 0 Å². The minimum absolute atomic E-state index is 0.0729. The van der Waals surface area contributed by atoms with Crippen molar-refractivity contribution in [3.8, 4) is 0 Å². The van der Waals surface area contributed by atoms with Gasteiger partial charge in [0.25, 0.3) is 0 Å². The molecule has 0 aliphatic carbocycles. The van der Waals surface area contributed by atoms with Gasteiger partial charge >= 0.3 is 5.97 Å². The second-order valence-electron chi connectivity index (χ2n) is 4.22. The van der Waals surface area contributed by atoms with E-state index in [0.29, 0.717) is 18.7 Å². The second-order valence-corrected chi connectivity index (χ2v) is 4.22. The Morgan fingerprint density at radius 1 is 1.37 bits per heavy atom. The minimum atomic E-state index is -0.310. The standard InChI is InChI=1S/C14H20N2O3/c1-5-19-14(18)13-9(2)12(16-10(13)3)7-6-8-15-11(4)17/h6-7,16H,5,8H2,1-4H3,(H,15,17). The average molecular weight is 264 g/mol. The highest BCUT2D eigenvalue weighted by Crippen LogP contribution is 2.19. The summed E-state index contributed by atoms with van der Waals surface area (Å²) in [7, 11) is 0. The lowest BCUT2D eigenvalue weighted by Crippen LogP contribution is -2.19. The highest BCUT2D eigenvalue weighted by Gasteiger charge is 2.17. The number of aromatic amines is 1. The molecule has 104 valence electrons. The number of hydrogen-bond acceptors (Lipinski definition) is 3. The van der Waals surface area contributed by atoms with Crippen molar-refractivity contribution in [3.05, 3.63) is 28.6 Å². The lowest BCUT2D eigenvalue weighted by Gasteiger charge is -2.01. The van der Waals surface area contributed by atoms with E-state index in [1.54, 1.807) is 6.92 Å². The van der Waals surface area contributed by atoms with Crippen molar-refractivity contribution in [1.29, 1.82) is 0 Å². The fourth-order valence-electron chi connectivity index (χ4n) is 1.83. The number of rotatable bonds is 5. The fraction of sp³-hybridized carbons (Fsp3) is 0.429. The molecule has 0 bridgehead atoms. The van der Waals surface area contributed by atoms with Gasteiger partial charge in [-0.25, -0.2) is 4.79 Å². The molecular weight excluding hydrogens is 244 g/mol. The van der Waals surface area contributed by atoms with Gasteiger partial charge in [-0.15, -0.1) is 0 Å². The Kier molecular flexibility index (Phi) is 5.36. The summed E-state index contributed by atoms with van der Waals surface area (Å²) < 4.78 is 5.02. The maximum absolute atomic E-state index is 11.8. The van der Waals surface area contributed by atoms with Crippen LogP contribution in [-0.4, -0.2) is 30.0 Å². The molecule has 0 aliphatic rings. The first-order valence-electron chi connectivity index (χ1n) is 6.24. The third-order valence-corrected chi connectivity index (χ3v) is 2.71. The van der Waals surface area contributed by atoms with E-state index >= 15 is 0 Å². The molecule has 0 saturated heterocycles. The van der Waals surface area contributed by atoms with Crippen LogP contribution in [0.4, 0.5) is 0 Å². The van der Waals surface area contributed by atoms with Crippen LogP contribution >= 0.6 is 0 Å². The normalized spacial score (nSPS) is 10.7. The molecule has 0 fully saturated rings. The van der Waals surface area contributed by atoms with Crippen molar-refractivity contribution < 1.29 is 14.3 Å². The van der Waals surface area contributed by atoms with Crippen molar-refractivity contribution in [2.45, 2.75) is 27.7 Å². The minimum Gasteiger partial charge on any atom is -0.462 e. The van der Waals surface area contributed by atoms with Gasteiger partial charge in [-0.2, -0.15) is 0 Å². The lowest BCUT2D eigenvalue weighted by molar-refractivity contribution is -0.118. The molecule has 1 heterocycles. The van der Waals surface area contributed by atoms with E-state index < -0.39 is 0 Å². The number of aryl methyl sites for hydroxylation is 1. The Balaban J connectivity index is 2.84. The van der Waals surface area contributed by atoms with Crippen molar-refractivity contribution in [3.63, 3.8) is 0 Å². The third kappa shape index (κ3) is 3.98. The van der Waals surface area contributed by atoms with Crippen LogP contribution in [0.25, 0.3) is 6.08 Å². The summed E-state index contributed by atoms with van der Waals surface area (Å²) in [4.78, 5) is 25.7. The van der Waals surface area contributed by atoms with Gasteiger partial charge in [-0.1, -0.05) is 6.08 Å². The van der Waals surface area contributed by atoms with Gasteiger partial charge < -0.3 is 15.0 Å². The summed E-state index contributed by atoms with van der Waals surface area (Å²) in [5, 5.41) is 2.67. The topological polar surface area (TPSA) is 71.2 Å². The molecule has 2 N–H and O–H groups in total. The maximum Gasteiger partial charge on any atom is 0.340 e. The van der Waals surface area contributed by atoms with Gasteiger partial charge in [0.15, 0.2) is 0 Å². The van der Waals surface area contributed by atoms with Gasteiger partial charge in [0.05, 0.1) is 12.2 Å². The molecular formula is C14H20N2O3. The lowest BCUT2D eigenvalue weighted by atomic mass is 10.1. The van der Waals surface area contributed by atoms with Gasteiger partial charge in [0, 0.05) is 24.9 Å². The van der Waals surface area contributed by atoms with E-state index in [2.05, 4.69) is 10.3 Å². The third-order valence-electron chi connectivity index (χ3n) is 2.71. The molecule has 0 aliphatic heterocycles. The molecule has 1 aromatic rings. The van der Waals surface area contributed by atoms with Crippen LogP contribution in [0, 0.1) is 13.8 Å². The highest BCUT2D eigenvalue weighted by atomic mass is 16.5. The first-order chi connectivity index (χ1) is 8.97. The summed E-state index contributed by atoms with van der Waals surface area (Å²) in [5.41, 5.74) is 3.08. The first kappa shape index (κ1) is 15.0. The summed E-state index contributed by atoms with van der Waals surface area (Å²) >= 11 is 0.